The van der Waals surface area contributed by atoms with E-state index in [2.05, 4.69) is 9.97 Å². The first-order valence-electron chi connectivity index (χ1n) is 5.02. The van der Waals surface area contributed by atoms with E-state index in [9.17, 15) is 4.79 Å². The number of hydrogen-bond acceptors (Lipinski definition) is 2. The van der Waals surface area contributed by atoms with E-state index in [-0.39, 0.29) is 5.91 Å². The van der Waals surface area contributed by atoms with Crippen LogP contribution >= 0.6 is 0 Å². The Morgan fingerprint density at radius 2 is 2.29 bits per heavy atom. The van der Waals surface area contributed by atoms with Gasteiger partial charge in [-0.2, -0.15) is 0 Å². The zero-order chi connectivity index (χ0) is 9.97. The van der Waals surface area contributed by atoms with Gasteiger partial charge in [0.1, 0.15) is 5.82 Å². The van der Waals surface area contributed by atoms with Crippen molar-refractivity contribution < 1.29 is 4.79 Å². The summed E-state index contributed by atoms with van der Waals surface area (Å²) in [7, 11) is 0. The number of aromatic nitrogens is 2. The maximum Gasteiger partial charge on any atom is 0.219 e. The maximum atomic E-state index is 11.1. The minimum atomic E-state index is 0.183. The van der Waals surface area contributed by atoms with Gasteiger partial charge in [0.05, 0.1) is 0 Å². The Bertz CT molecular complexity index is 299. The molecule has 2 rings (SSSR count). The normalized spacial score (nSPS) is 18.5. The Labute approximate surface area is 83.3 Å². The van der Waals surface area contributed by atoms with E-state index in [0.29, 0.717) is 5.92 Å². The third kappa shape index (κ3) is 1.78. The highest BCUT2D eigenvalue weighted by Gasteiger charge is 2.22. The lowest BCUT2D eigenvalue weighted by atomic mass is 9.96. The monoisotopic (exact) mass is 193 g/mol. The molecule has 1 aromatic heterocycles. The van der Waals surface area contributed by atoms with Crippen LogP contribution in [0.1, 0.15) is 31.5 Å². The van der Waals surface area contributed by atoms with Crippen LogP contribution in [0.15, 0.2) is 12.4 Å². The van der Waals surface area contributed by atoms with Crippen molar-refractivity contribution in [2.45, 2.75) is 25.7 Å². The van der Waals surface area contributed by atoms with Crippen LogP contribution in [0.5, 0.6) is 0 Å². The van der Waals surface area contributed by atoms with E-state index < -0.39 is 0 Å². The van der Waals surface area contributed by atoms with E-state index >= 15 is 0 Å². The fourth-order valence-corrected chi connectivity index (χ4v) is 1.97. The molecule has 1 aromatic rings. The van der Waals surface area contributed by atoms with Gasteiger partial charge in [-0.1, -0.05) is 0 Å². The number of imidazole rings is 1. The van der Waals surface area contributed by atoms with Crippen LogP contribution in [-0.4, -0.2) is 33.9 Å². The molecular weight excluding hydrogens is 178 g/mol. The molecule has 0 saturated carbocycles. The zero-order valence-electron chi connectivity index (χ0n) is 8.36. The number of piperidine rings is 1. The molecular formula is C10H15N3O. The van der Waals surface area contributed by atoms with Crippen LogP contribution < -0.4 is 0 Å². The number of rotatable bonds is 1. The predicted molar refractivity (Wildman–Crippen MR) is 52.8 cm³/mol. The zero-order valence-corrected chi connectivity index (χ0v) is 8.36. The minimum absolute atomic E-state index is 0.183. The number of hydrogen-bond donors (Lipinski definition) is 1. The van der Waals surface area contributed by atoms with Crippen LogP contribution in [0, 0.1) is 0 Å². The summed E-state index contributed by atoms with van der Waals surface area (Å²) in [6.07, 6.45) is 5.68. The SMILES string of the molecule is CC(=O)N1CCC(c2ncc[nH]2)CC1. The highest BCUT2D eigenvalue weighted by molar-refractivity contribution is 5.73. The first kappa shape index (κ1) is 9.24. The Balaban J connectivity index is 1.93. The first-order chi connectivity index (χ1) is 6.77. The summed E-state index contributed by atoms with van der Waals surface area (Å²) in [5.41, 5.74) is 0. The van der Waals surface area contributed by atoms with E-state index in [0.717, 1.165) is 31.8 Å². The van der Waals surface area contributed by atoms with Crippen molar-refractivity contribution >= 4 is 5.91 Å². The largest absolute Gasteiger partial charge is 0.348 e. The molecule has 76 valence electrons. The van der Waals surface area contributed by atoms with E-state index in [1.807, 2.05) is 11.1 Å². The number of nitrogens with one attached hydrogen (secondary N) is 1. The molecule has 1 aliphatic heterocycles. The molecule has 4 nitrogen and oxygen atoms in total. The molecule has 0 bridgehead atoms. The van der Waals surface area contributed by atoms with Gasteiger partial charge >= 0.3 is 0 Å². The molecule has 0 aliphatic carbocycles. The van der Waals surface area contributed by atoms with Crippen molar-refractivity contribution in [2.24, 2.45) is 0 Å². The minimum Gasteiger partial charge on any atom is -0.348 e. The van der Waals surface area contributed by atoms with Gasteiger partial charge < -0.3 is 9.88 Å². The van der Waals surface area contributed by atoms with Gasteiger partial charge in [-0.3, -0.25) is 4.79 Å². The fraction of sp³-hybridized carbons (Fsp3) is 0.600. The summed E-state index contributed by atoms with van der Waals surface area (Å²) >= 11 is 0. The Kier molecular flexibility index (Phi) is 2.52. The second-order valence-electron chi connectivity index (χ2n) is 3.75. The predicted octanol–water partition coefficient (Wildman–Crippen LogP) is 1.14. The summed E-state index contributed by atoms with van der Waals surface area (Å²) in [6, 6.07) is 0. The Morgan fingerprint density at radius 1 is 1.57 bits per heavy atom. The number of likely N-dealkylation sites (tertiary alicyclic amines) is 1. The van der Waals surface area contributed by atoms with Crippen molar-refractivity contribution in [3.8, 4) is 0 Å². The Hall–Kier alpha value is -1.32. The third-order valence-corrected chi connectivity index (χ3v) is 2.85. The molecule has 0 spiro atoms. The molecule has 1 fully saturated rings. The summed E-state index contributed by atoms with van der Waals surface area (Å²) in [6.45, 7) is 3.36. The average molecular weight is 193 g/mol. The lowest BCUT2D eigenvalue weighted by molar-refractivity contribution is -0.129. The van der Waals surface area contributed by atoms with Crippen molar-refractivity contribution in [1.82, 2.24) is 14.9 Å². The average Bonchev–Trinajstić information content (AvgIpc) is 2.71. The number of H-pyrrole nitrogens is 1. The number of nitrogens with zero attached hydrogens (tertiary/aromatic N) is 2. The number of carbonyl (C=O) groups excluding carboxylic acids is 1. The highest BCUT2D eigenvalue weighted by atomic mass is 16.2. The fourth-order valence-electron chi connectivity index (χ4n) is 1.97. The van der Waals surface area contributed by atoms with Crippen molar-refractivity contribution in [1.29, 1.82) is 0 Å². The van der Waals surface area contributed by atoms with Gasteiger partial charge in [-0.25, -0.2) is 4.98 Å². The van der Waals surface area contributed by atoms with E-state index in [1.54, 1.807) is 13.1 Å². The topological polar surface area (TPSA) is 49.0 Å². The molecule has 1 saturated heterocycles. The van der Waals surface area contributed by atoms with Crippen LogP contribution in [-0.2, 0) is 4.79 Å². The van der Waals surface area contributed by atoms with Crippen LogP contribution in [0.2, 0.25) is 0 Å². The second-order valence-corrected chi connectivity index (χ2v) is 3.75. The van der Waals surface area contributed by atoms with Gasteiger partial charge in [-0.15, -0.1) is 0 Å². The number of aromatic amines is 1. The summed E-state index contributed by atoms with van der Waals surface area (Å²) < 4.78 is 0. The lowest BCUT2D eigenvalue weighted by Gasteiger charge is -2.30. The quantitative estimate of drug-likeness (QED) is 0.727. The molecule has 0 atom stereocenters. The highest BCUT2D eigenvalue weighted by Crippen LogP contribution is 2.24. The summed E-state index contributed by atoms with van der Waals surface area (Å²) in [5.74, 6) is 1.75. The van der Waals surface area contributed by atoms with Crippen LogP contribution in [0.3, 0.4) is 0 Å². The first-order valence-corrected chi connectivity index (χ1v) is 5.02. The second kappa shape index (κ2) is 3.82. The molecule has 1 N–H and O–H groups in total. The van der Waals surface area contributed by atoms with Gasteiger partial charge in [0.2, 0.25) is 5.91 Å². The van der Waals surface area contributed by atoms with Crippen LogP contribution in [0.4, 0.5) is 0 Å². The van der Waals surface area contributed by atoms with Crippen molar-refractivity contribution in [3.63, 3.8) is 0 Å². The number of carbonyl (C=O) groups is 1. The number of amides is 1. The molecule has 1 amide bonds. The Morgan fingerprint density at radius 3 is 2.79 bits per heavy atom. The van der Waals surface area contributed by atoms with Crippen molar-refractivity contribution in [3.05, 3.63) is 18.2 Å². The van der Waals surface area contributed by atoms with Gasteiger partial charge in [0.15, 0.2) is 0 Å². The molecule has 0 unspecified atom stereocenters. The lowest BCUT2D eigenvalue weighted by Crippen LogP contribution is -2.36. The van der Waals surface area contributed by atoms with Gasteiger partial charge in [0.25, 0.3) is 0 Å². The standard InChI is InChI=1S/C10H15N3O/c1-8(14)13-6-2-9(3-7-13)10-11-4-5-12-10/h4-5,9H,2-3,6-7H2,1H3,(H,11,12). The molecule has 1 aliphatic rings. The smallest absolute Gasteiger partial charge is 0.219 e. The molecule has 0 aromatic carbocycles. The van der Waals surface area contributed by atoms with E-state index in [1.165, 1.54) is 0 Å². The maximum absolute atomic E-state index is 11.1. The van der Waals surface area contributed by atoms with Gasteiger partial charge in [-0.05, 0) is 12.8 Å². The van der Waals surface area contributed by atoms with Crippen LogP contribution in [0.25, 0.3) is 0 Å². The molecule has 14 heavy (non-hydrogen) atoms. The molecule has 0 radical (unpaired) electrons. The van der Waals surface area contributed by atoms with E-state index in [4.69, 9.17) is 0 Å². The summed E-state index contributed by atoms with van der Waals surface area (Å²) in [5, 5.41) is 0. The van der Waals surface area contributed by atoms with Crippen molar-refractivity contribution in [2.75, 3.05) is 13.1 Å². The molecule has 2 heterocycles. The van der Waals surface area contributed by atoms with Gasteiger partial charge in [0, 0.05) is 38.3 Å². The molecule has 4 heteroatoms. The third-order valence-electron chi connectivity index (χ3n) is 2.85. The summed E-state index contributed by atoms with van der Waals surface area (Å²) in [4.78, 5) is 20.4.